The van der Waals surface area contributed by atoms with Crippen LogP contribution in [-0.4, -0.2) is 45.6 Å². The van der Waals surface area contributed by atoms with E-state index in [0.717, 1.165) is 29.6 Å². The van der Waals surface area contributed by atoms with Crippen LogP contribution in [-0.2, 0) is 4.79 Å². The van der Waals surface area contributed by atoms with E-state index in [1.807, 2.05) is 24.3 Å². The zero-order valence-electron chi connectivity index (χ0n) is 12.9. The van der Waals surface area contributed by atoms with Gasteiger partial charge in [0.2, 0.25) is 5.91 Å². The number of anilines is 1. The molecule has 1 aliphatic rings. The average molecular weight is 319 g/mol. The highest BCUT2D eigenvalue weighted by molar-refractivity contribution is 7.22. The van der Waals surface area contributed by atoms with Gasteiger partial charge in [0.25, 0.3) is 0 Å². The molecule has 0 radical (unpaired) electrons. The summed E-state index contributed by atoms with van der Waals surface area (Å²) in [6.45, 7) is 4.76. The van der Waals surface area contributed by atoms with Crippen LogP contribution in [0.15, 0.2) is 24.3 Å². The number of hydrogen-bond donors (Lipinski definition) is 2. The molecule has 1 saturated heterocycles. The summed E-state index contributed by atoms with van der Waals surface area (Å²) in [4.78, 5) is 18.7. The minimum atomic E-state index is -0.785. The first-order valence-electron chi connectivity index (χ1n) is 7.55. The van der Waals surface area contributed by atoms with Crippen molar-refractivity contribution >= 4 is 32.6 Å². The smallest absolute Gasteiger partial charge is 0.240 e. The molecule has 2 N–H and O–H groups in total. The Kier molecular flexibility index (Phi) is 4.16. The predicted molar refractivity (Wildman–Crippen MR) is 89.1 cm³/mol. The molecule has 1 aromatic heterocycles. The van der Waals surface area contributed by atoms with Crippen LogP contribution in [0.25, 0.3) is 10.2 Å². The number of fused-ring (bicyclic) bond motifs is 1. The molecule has 22 heavy (non-hydrogen) atoms. The number of rotatable bonds is 4. The van der Waals surface area contributed by atoms with E-state index < -0.39 is 5.60 Å². The number of aromatic nitrogens is 1. The highest BCUT2D eigenvalue weighted by Gasteiger charge is 2.36. The van der Waals surface area contributed by atoms with E-state index in [0.29, 0.717) is 11.7 Å². The zero-order chi connectivity index (χ0) is 15.7. The molecule has 5 nitrogen and oxygen atoms in total. The Morgan fingerprint density at radius 3 is 3.00 bits per heavy atom. The Bertz CT molecular complexity index is 644. The zero-order valence-corrected chi connectivity index (χ0v) is 13.7. The van der Waals surface area contributed by atoms with Gasteiger partial charge in [0.05, 0.1) is 22.4 Å². The second-order valence-electron chi connectivity index (χ2n) is 6.32. The molecule has 0 saturated carbocycles. The van der Waals surface area contributed by atoms with Crippen LogP contribution in [0, 0.1) is 0 Å². The van der Waals surface area contributed by atoms with Crippen molar-refractivity contribution < 1.29 is 9.90 Å². The molecule has 1 aliphatic heterocycles. The van der Waals surface area contributed by atoms with Crippen molar-refractivity contribution in [3.63, 3.8) is 0 Å². The number of thiazole rings is 1. The van der Waals surface area contributed by atoms with Gasteiger partial charge in [-0.2, -0.15) is 0 Å². The lowest BCUT2D eigenvalue weighted by molar-refractivity contribution is -0.118. The molecule has 2 heterocycles. The quantitative estimate of drug-likeness (QED) is 0.908. The third-order valence-corrected chi connectivity index (χ3v) is 5.02. The summed E-state index contributed by atoms with van der Waals surface area (Å²) in [6, 6.07) is 7.86. The first kappa shape index (κ1) is 15.4. The van der Waals surface area contributed by atoms with E-state index in [2.05, 4.69) is 15.2 Å². The van der Waals surface area contributed by atoms with Gasteiger partial charge in [0, 0.05) is 6.04 Å². The number of likely N-dealkylation sites (tertiary alicyclic amines) is 1. The third kappa shape index (κ3) is 3.29. The second-order valence-corrected chi connectivity index (χ2v) is 7.35. The predicted octanol–water partition coefficient (Wildman–Crippen LogP) is 2.47. The number of carbonyl (C=O) groups excluding carboxylic acids is 1. The molecule has 118 valence electrons. The first-order valence-corrected chi connectivity index (χ1v) is 8.37. The normalized spacial score (nSPS) is 19.7. The van der Waals surface area contributed by atoms with Crippen molar-refractivity contribution in [2.75, 3.05) is 18.4 Å². The van der Waals surface area contributed by atoms with Gasteiger partial charge in [-0.25, -0.2) is 4.98 Å². The minimum Gasteiger partial charge on any atom is -0.389 e. The molecule has 0 aliphatic carbocycles. The third-order valence-electron chi connectivity index (χ3n) is 4.07. The van der Waals surface area contributed by atoms with Gasteiger partial charge in [-0.15, -0.1) is 0 Å². The number of nitrogens with one attached hydrogen (secondary N) is 1. The van der Waals surface area contributed by atoms with Crippen molar-refractivity contribution in [1.82, 2.24) is 9.88 Å². The van der Waals surface area contributed by atoms with Crippen molar-refractivity contribution in [1.29, 1.82) is 0 Å². The summed E-state index contributed by atoms with van der Waals surface area (Å²) >= 11 is 1.48. The summed E-state index contributed by atoms with van der Waals surface area (Å²) in [5.41, 5.74) is 0.116. The van der Waals surface area contributed by atoms with Crippen LogP contribution in [0.1, 0.15) is 26.7 Å². The summed E-state index contributed by atoms with van der Waals surface area (Å²) in [5, 5.41) is 13.7. The van der Waals surface area contributed by atoms with E-state index in [-0.39, 0.29) is 11.9 Å². The van der Waals surface area contributed by atoms with E-state index >= 15 is 0 Å². The SMILES string of the molecule is CC(C)(O)C1CCCN1CC(=O)Nc1nc2ccccc2s1. The van der Waals surface area contributed by atoms with E-state index in [9.17, 15) is 9.90 Å². The summed E-state index contributed by atoms with van der Waals surface area (Å²) in [6.07, 6.45) is 1.95. The van der Waals surface area contributed by atoms with Crippen molar-refractivity contribution in [3.05, 3.63) is 24.3 Å². The molecule has 1 fully saturated rings. The van der Waals surface area contributed by atoms with Crippen LogP contribution >= 0.6 is 11.3 Å². The molecule has 0 bridgehead atoms. The topological polar surface area (TPSA) is 65.5 Å². The molecular formula is C16H21N3O2S. The Labute approximate surface area is 134 Å². The summed E-state index contributed by atoms with van der Waals surface area (Å²) in [7, 11) is 0. The fourth-order valence-electron chi connectivity index (χ4n) is 3.08. The lowest BCUT2D eigenvalue weighted by atomic mass is 9.97. The number of amides is 1. The van der Waals surface area contributed by atoms with Gasteiger partial charge in [-0.3, -0.25) is 9.69 Å². The minimum absolute atomic E-state index is 0.0358. The molecule has 1 unspecified atom stereocenters. The van der Waals surface area contributed by atoms with Gasteiger partial charge in [0.15, 0.2) is 5.13 Å². The number of aliphatic hydroxyl groups is 1. The second kappa shape index (κ2) is 5.95. The highest BCUT2D eigenvalue weighted by Crippen LogP contribution is 2.27. The Hall–Kier alpha value is -1.50. The van der Waals surface area contributed by atoms with Crippen LogP contribution in [0.3, 0.4) is 0 Å². The summed E-state index contributed by atoms with van der Waals surface area (Å²) < 4.78 is 1.06. The van der Waals surface area contributed by atoms with E-state index in [4.69, 9.17) is 0 Å². The van der Waals surface area contributed by atoms with Crippen LogP contribution in [0.2, 0.25) is 0 Å². The van der Waals surface area contributed by atoms with Crippen LogP contribution in [0.4, 0.5) is 5.13 Å². The van der Waals surface area contributed by atoms with E-state index in [1.165, 1.54) is 11.3 Å². The maximum atomic E-state index is 12.3. The first-order chi connectivity index (χ1) is 10.4. The van der Waals surface area contributed by atoms with Crippen LogP contribution in [0.5, 0.6) is 0 Å². The summed E-state index contributed by atoms with van der Waals surface area (Å²) in [5.74, 6) is -0.0739. The van der Waals surface area contributed by atoms with Crippen molar-refractivity contribution in [3.8, 4) is 0 Å². The fourth-order valence-corrected chi connectivity index (χ4v) is 3.97. The largest absolute Gasteiger partial charge is 0.389 e. The van der Waals surface area contributed by atoms with Gasteiger partial charge in [-0.05, 0) is 45.4 Å². The number of nitrogens with zero attached hydrogens (tertiary/aromatic N) is 2. The highest BCUT2D eigenvalue weighted by atomic mass is 32.1. The van der Waals surface area contributed by atoms with Crippen molar-refractivity contribution in [2.45, 2.75) is 38.3 Å². The maximum absolute atomic E-state index is 12.3. The molecule has 1 aromatic carbocycles. The van der Waals surface area contributed by atoms with Gasteiger partial charge < -0.3 is 10.4 Å². The number of carbonyl (C=O) groups is 1. The molecule has 1 amide bonds. The molecule has 6 heteroatoms. The average Bonchev–Trinajstić information content (AvgIpc) is 3.03. The maximum Gasteiger partial charge on any atom is 0.240 e. The monoisotopic (exact) mass is 319 g/mol. The van der Waals surface area contributed by atoms with Gasteiger partial charge >= 0.3 is 0 Å². The van der Waals surface area contributed by atoms with Gasteiger partial charge in [0.1, 0.15) is 0 Å². The Balaban J connectivity index is 1.65. The molecular weight excluding hydrogens is 298 g/mol. The number of hydrogen-bond acceptors (Lipinski definition) is 5. The standard InChI is InChI=1S/C16H21N3O2S/c1-16(2,21)13-8-5-9-19(13)10-14(20)18-15-17-11-6-3-4-7-12(11)22-15/h3-4,6-7,13,21H,5,8-10H2,1-2H3,(H,17,18,20). The van der Waals surface area contributed by atoms with Crippen LogP contribution < -0.4 is 5.32 Å². The molecule has 0 spiro atoms. The number of benzene rings is 1. The van der Waals surface area contributed by atoms with Gasteiger partial charge in [-0.1, -0.05) is 23.5 Å². The van der Waals surface area contributed by atoms with Crippen molar-refractivity contribution in [2.24, 2.45) is 0 Å². The molecule has 2 aromatic rings. The lowest BCUT2D eigenvalue weighted by Crippen LogP contribution is -2.48. The molecule has 3 rings (SSSR count). The fraction of sp³-hybridized carbons (Fsp3) is 0.500. The lowest BCUT2D eigenvalue weighted by Gasteiger charge is -2.33. The van der Waals surface area contributed by atoms with E-state index in [1.54, 1.807) is 13.8 Å². The Morgan fingerprint density at radius 1 is 1.50 bits per heavy atom. The molecule has 1 atom stereocenters. The Morgan fingerprint density at radius 2 is 2.27 bits per heavy atom. The number of para-hydroxylation sites is 1.